The Morgan fingerprint density at radius 1 is 0.911 bits per heavy atom. The number of hydrogen-bond acceptors (Lipinski definition) is 11. The van der Waals surface area contributed by atoms with Gasteiger partial charge in [0.25, 0.3) is 6.43 Å². The minimum Gasteiger partial charge on any atom is -0.469 e. The fraction of sp³-hybridized carbons (Fsp3) is 0.349. The Morgan fingerprint density at radius 2 is 1.59 bits per heavy atom. The minimum absolute atomic E-state index is 0.0803. The Balaban J connectivity index is 1.08. The van der Waals surface area contributed by atoms with Gasteiger partial charge in [0.15, 0.2) is 17.2 Å². The van der Waals surface area contributed by atoms with Crippen LogP contribution >= 0.6 is 0 Å². The van der Waals surface area contributed by atoms with Gasteiger partial charge in [-0.3, -0.25) is 19.6 Å². The monoisotopic (exact) mass is 756 g/mol. The van der Waals surface area contributed by atoms with Crippen molar-refractivity contribution < 1.29 is 22.7 Å². The van der Waals surface area contributed by atoms with E-state index in [1.165, 1.54) is 7.11 Å². The molecule has 6 aromatic rings. The van der Waals surface area contributed by atoms with Crippen LogP contribution in [-0.4, -0.2) is 69.0 Å². The Hall–Kier alpha value is -5.84. The van der Waals surface area contributed by atoms with E-state index < -0.39 is 12.2 Å². The molecule has 0 saturated carbocycles. The predicted octanol–water partition coefficient (Wildman–Crippen LogP) is 8.65. The molecule has 286 valence electrons. The molecule has 5 heterocycles. The number of nitriles is 1. The van der Waals surface area contributed by atoms with E-state index in [1.807, 2.05) is 68.4 Å². The van der Waals surface area contributed by atoms with E-state index in [-0.39, 0.29) is 17.7 Å². The lowest BCUT2D eigenvalue weighted by atomic mass is 9.93. The van der Waals surface area contributed by atoms with Crippen LogP contribution < -0.4 is 5.32 Å². The molecule has 1 N–H and O–H groups in total. The number of nitrogens with zero attached hydrogens (tertiary/aromatic N) is 7. The molecule has 0 spiro atoms. The fourth-order valence-electron chi connectivity index (χ4n) is 8.03. The lowest BCUT2D eigenvalue weighted by Crippen LogP contribution is -2.36. The molecule has 11 nitrogen and oxygen atoms in total. The summed E-state index contributed by atoms with van der Waals surface area (Å²) >= 11 is 0. The molecule has 13 heteroatoms. The summed E-state index contributed by atoms with van der Waals surface area (Å²) in [6.07, 6.45) is 2.70. The number of alkyl halides is 2. The maximum Gasteiger partial charge on any atom is 0.308 e. The number of piperidine rings is 1. The summed E-state index contributed by atoms with van der Waals surface area (Å²) in [6.45, 7) is 8.84. The number of likely N-dealkylation sites (tertiary alicyclic amines) is 2. The molecule has 0 amide bonds. The molecular weight excluding hydrogens is 715 g/mol. The number of rotatable bonds is 10. The van der Waals surface area contributed by atoms with Crippen LogP contribution in [0.15, 0.2) is 65.2 Å². The number of methoxy groups -OCH3 is 1. The van der Waals surface area contributed by atoms with Gasteiger partial charge in [-0.05, 0) is 129 Å². The molecule has 0 bridgehead atoms. The number of carbonyl (C=O) groups excluding carboxylic acids is 1. The Morgan fingerprint density at radius 3 is 2.32 bits per heavy atom. The van der Waals surface area contributed by atoms with Gasteiger partial charge >= 0.3 is 5.97 Å². The summed E-state index contributed by atoms with van der Waals surface area (Å²) in [4.78, 5) is 34.5. The molecule has 2 aliphatic heterocycles. The van der Waals surface area contributed by atoms with Crippen molar-refractivity contribution in [1.29, 1.82) is 5.26 Å². The third kappa shape index (κ3) is 7.42. The van der Waals surface area contributed by atoms with Gasteiger partial charge in [0, 0.05) is 30.5 Å². The average Bonchev–Trinajstić information content (AvgIpc) is 3.88. The maximum absolute atomic E-state index is 14.1. The lowest BCUT2D eigenvalue weighted by Gasteiger charge is -2.30. The molecule has 8 rings (SSSR count). The summed E-state index contributed by atoms with van der Waals surface area (Å²) in [7, 11) is 1.43. The molecule has 2 aliphatic rings. The summed E-state index contributed by atoms with van der Waals surface area (Å²) in [5.41, 5.74) is 9.25. The van der Waals surface area contributed by atoms with Gasteiger partial charge in [-0.1, -0.05) is 24.3 Å². The molecule has 0 unspecified atom stereocenters. The minimum atomic E-state index is -2.85. The van der Waals surface area contributed by atoms with Crippen molar-refractivity contribution >= 4 is 39.6 Å². The smallest absolute Gasteiger partial charge is 0.308 e. The van der Waals surface area contributed by atoms with E-state index in [0.717, 1.165) is 90.8 Å². The van der Waals surface area contributed by atoms with Crippen molar-refractivity contribution in [2.75, 3.05) is 38.6 Å². The molecule has 3 aromatic heterocycles. The first-order valence-corrected chi connectivity index (χ1v) is 19.0. The lowest BCUT2D eigenvalue weighted by molar-refractivity contribution is -0.147. The molecule has 56 heavy (non-hydrogen) atoms. The van der Waals surface area contributed by atoms with Crippen LogP contribution in [0, 0.1) is 31.1 Å². The van der Waals surface area contributed by atoms with Crippen LogP contribution in [0.4, 0.5) is 20.3 Å². The molecule has 3 aromatic carbocycles. The molecule has 2 fully saturated rings. The van der Waals surface area contributed by atoms with E-state index in [2.05, 4.69) is 36.1 Å². The van der Waals surface area contributed by atoms with Crippen LogP contribution in [0.25, 0.3) is 44.7 Å². The van der Waals surface area contributed by atoms with E-state index in [9.17, 15) is 18.8 Å². The normalized spacial score (nSPS) is 15.5. The number of anilines is 2. The summed E-state index contributed by atoms with van der Waals surface area (Å²) in [5, 5.41) is 13.4. The van der Waals surface area contributed by atoms with Crippen LogP contribution in [-0.2, 0) is 22.6 Å². The zero-order valence-electron chi connectivity index (χ0n) is 31.6. The Bertz CT molecular complexity index is 2480. The number of fused-ring (bicyclic) bond motifs is 2. The molecule has 0 atom stereocenters. The largest absolute Gasteiger partial charge is 0.469 e. The second-order valence-electron chi connectivity index (χ2n) is 14.7. The first-order chi connectivity index (χ1) is 27.2. The van der Waals surface area contributed by atoms with Crippen LogP contribution in [0.1, 0.15) is 65.8 Å². The van der Waals surface area contributed by atoms with Crippen molar-refractivity contribution in [2.45, 2.75) is 59.0 Å². The number of benzene rings is 3. The second-order valence-corrected chi connectivity index (χ2v) is 14.7. The van der Waals surface area contributed by atoms with Gasteiger partial charge < -0.3 is 14.5 Å². The van der Waals surface area contributed by atoms with Crippen molar-refractivity contribution in [2.24, 2.45) is 5.92 Å². The number of aromatic nitrogens is 4. The van der Waals surface area contributed by atoms with Crippen LogP contribution in [0.3, 0.4) is 0 Å². The number of pyridine rings is 1. The highest BCUT2D eigenvalue weighted by atomic mass is 19.3. The van der Waals surface area contributed by atoms with Gasteiger partial charge in [0.1, 0.15) is 17.1 Å². The van der Waals surface area contributed by atoms with Crippen molar-refractivity contribution in [3.63, 3.8) is 0 Å². The molecular formula is C43H42F2N8O3. The summed E-state index contributed by atoms with van der Waals surface area (Å²) in [6, 6.07) is 19.7. The van der Waals surface area contributed by atoms with E-state index in [0.29, 0.717) is 52.4 Å². The van der Waals surface area contributed by atoms with Gasteiger partial charge in [-0.15, -0.1) is 0 Å². The van der Waals surface area contributed by atoms with Gasteiger partial charge in [-0.25, -0.2) is 23.7 Å². The van der Waals surface area contributed by atoms with Crippen molar-refractivity contribution in [3.8, 4) is 28.7 Å². The number of hydrogen-bond donors (Lipinski definition) is 1. The predicted molar refractivity (Wildman–Crippen MR) is 209 cm³/mol. The second kappa shape index (κ2) is 15.7. The summed E-state index contributed by atoms with van der Waals surface area (Å²) < 4.78 is 39.4. The highest BCUT2D eigenvalue weighted by Crippen LogP contribution is 2.38. The number of esters is 1. The first-order valence-electron chi connectivity index (χ1n) is 19.0. The maximum atomic E-state index is 14.1. The van der Waals surface area contributed by atoms with Gasteiger partial charge in [-0.2, -0.15) is 5.26 Å². The first kappa shape index (κ1) is 37.1. The summed E-state index contributed by atoms with van der Waals surface area (Å²) in [5.74, 6) is -0.173. The molecule has 0 radical (unpaired) electrons. The van der Waals surface area contributed by atoms with Crippen LogP contribution in [0.5, 0.6) is 0 Å². The fourth-order valence-corrected chi connectivity index (χ4v) is 8.03. The Kier molecular flexibility index (Phi) is 10.4. The van der Waals surface area contributed by atoms with Crippen molar-refractivity contribution in [3.05, 3.63) is 94.4 Å². The number of ether oxygens (including phenoxy) is 1. The third-order valence-electron chi connectivity index (χ3n) is 11.0. The Labute approximate surface area is 323 Å². The average molecular weight is 757 g/mol. The third-order valence-corrected chi connectivity index (χ3v) is 11.0. The van der Waals surface area contributed by atoms with Gasteiger partial charge in [0.05, 0.1) is 24.1 Å². The molecule has 2 saturated heterocycles. The van der Waals surface area contributed by atoms with Crippen molar-refractivity contribution in [1.82, 2.24) is 29.7 Å². The topological polar surface area (TPSA) is 133 Å². The van der Waals surface area contributed by atoms with E-state index >= 15 is 0 Å². The zero-order valence-corrected chi connectivity index (χ0v) is 31.6. The number of carbonyl (C=O) groups is 1. The quantitative estimate of drug-likeness (QED) is 0.135. The zero-order chi connectivity index (χ0) is 38.9. The highest BCUT2D eigenvalue weighted by molar-refractivity contribution is 5.90. The number of halogens is 2. The standard InChI is InChI=1S/C43H42F2N8O3/c1-25-31(8-6-10-33(25)42-50-36-19-27(18-30(21-46)38(36)56-42)23-53-16-12-29(13-17-53)43(54)55-3)32-9-7-11-34(26(32)2)48-40-37-35(49-41(51-40)39(44)45)20-28(22-47-37)24-52-14-4-5-15-52/h6-11,18-20,22,29,39H,4-5,12-17,23-24H2,1-3H3,(H,48,49,51). The van der Waals surface area contributed by atoms with Gasteiger partial charge in [0.2, 0.25) is 5.89 Å². The SMILES string of the molecule is COC(=O)C1CCN(Cc2cc(C#N)c3oc(-c4cccc(-c5cccc(Nc6nc(C(F)F)nc7cc(CN8CCCC8)cnc67)c5C)c4C)nc3c2)CC1. The van der Waals surface area contributed by atoms with E-state index in [1.54, 1.807) is 6.20 Å². The number of nitrogens with one attached hydrogen (secondary N) is 1. The van der Waals surface area contributed by atoms with E-state index in [4.69, 9.17) is 14.1 Å². The van der Waals surface area contributed by atoms with Crippen LogP contribution in [0.2, 0.25) is 0 Å². The highest BCUT2D eigenvalue weighted by Gasteiger charge is 2.26. The number of oxazole rings is 1. The molecule has 0 aliphatic carbocycles.